The minimum absolute atomic E-state index is 0.00614. The average molecular weight is 365 g/mol. The van der Waals surface area contributed by atoms with E-state index in [1.165, 1.54) is 15.6 Å². The van der Waals surface area contributed by atoms with Crippen molar-refractivity contribution in [2.45, 2.75) is 25.8 Å². The molecule has 8 heteroatoms. The Morgan fingerprint density at radius 1 is 1.38 bits per heavy atom. The minimum atomic E-state index is -3.37. The van der Waals surface area contributed by atoms with Crippen molar-refractivity contribution in [2.75, 3.05) is 17.6 Å². The van der Waals surface area contributed by atoms with Crippen LogP contribution in [0.4, 0.5) is 5.13 Å². The molecule has 2 aromatic rings. The van der Waals surface area contributed by atoms with Crippen molar-refractivity contribution in [1.29, 1.82) is 0 Å². The standard InChI is InChI=1S/C16H19N3O3S2/c1-2-24(21,22)19-10-6-9-14(19)15(20)18-16-17-13(11-23-16)12-7-4-3-5-8-12/h3-5,7-8,11,14H,2,6,9-10H2,1H3,(H,17,18,20)/t14-/m1/s1. The molecule has 3 rings (SSSR count). The molecule has 0 radical (unpaired) electrons. The number of anilines is 1. The highest BCUT2D eigenvalue weighted by Crippen LogP contribution is 2.27. The summed E-state index contributed by atoms with van der Waals surface area (Å²) in [6.45, 7) is 2.00. The smallest absolute Gasteiger partial charge is 0.244 e. The molecule has 1 N–H and O–H groups in total. The van der Waals surface area contributed by atoms with Gasteiger partial charge in [-0.25, -0.2) is 13.4 Å². The Balaban J connectivity index is 1.72. The van der Waals surface area contributed by atoms with E-state index in [4.69, 9.17) is 0 Å². The first-order valence-corrected chi connectivity index (χ1v) is 10.3. The molecule has 1 saturated heterocycles. The lowest BCUT2D eigenvalue weighted by molar-refractivity contribution is -0.119. The number of thiazole rings is 1. The van der Waals surface area contributed by atoms with Crippen LogP contribution in [0.3, 0.4) is 0 Å². The van der Waals surface area contributed by atoms with Crippen LogP contribution in [-0.4, -0.2) is 42.0 Å². The zero-order valence-electron chi connectivity index (χ0n) is 13.3. The number of sulfonamides is 1. The van der Waals surface area contributed by atoms with Gasteiger partial charge in [0.25, 0.3) is 0 Å². The lowest BCUT2D eigenvalue weighted by Crippen LogP contribution is -2.43. The molecular weight excluding hydrogens is 346 g/mol. The highest BCUT2D eigenvalue weighted by Gasteiger charge is 2.37. The van der Waals surface area contributed by atoms with Crippen molar-refractivity contribution in [3.63, 3.8) is 0 Å². The van der Waals surface area contributed by atoms with Crippen LogP contribution in [0.5, 0.6) is 0 Å². The van der Waals surface area contributed by atoms with Gasteiger partial charge >= 0.3 is 0 Å². The summed E-state index contributed by atoms with van der Waals surface area (Å²) in [6, 6.07) is 9.05. The van der Waals surface area contributed by atoms with Crippen molar-refractivity contribution in [1.82, 2.24) is 9.29 Å². The van der Waals surface area contributed by atoms with Crippen LogP contribution >= 0.6 is 11.3 Å². The van der Waals surface area contributed by atoms with Gasteiger partial charge in [0, 0.05) is 17.5 Å². The molecule has 1 fully saturated rings. The maximum Gasteiger partial charge on any atom is 0.244 e. The second-order valence-electron chi connectivity index (χ2n) is 5.56. The molecule has 0 saturated carbocycles. The number of nitrogens with one attached hydrogen (secondary N) is 1. The molecule has 2 heterocycles. The molecular formula is C16H19N3O3S2. The van der Waals surface area contributed by atoms with Crippen molar-refractivity contribution < 1.29 is 13.2 Å². The number of amides is 1. The minimum Gasteiger partial charge on any atom is -0.301 e. The topological polar surface area (TPSA) is 79.4 Å². The first-order valence-electron chi connectivity index (χ1n) is 7.82. The first-order chi connectivity index (χ1) is 11.5. The monoisotopic (exact) mass is 365 g/mol. The Hall–Kier alpha value is -1.77. The third kappa shape index (κ3) is 3.50. The highest BCUT2D eigenvalue weighted by molar-refractivity contribution is 7.89. The van der Waals surface area contributed by atoms with E-state index in [-0.39, 0.29) is 11.7 Å². The fourth-order valence-corrected chi connectivity index (χ4v) is 4.81. The zero-order chi connectivity index (χ0) is 17.2. The molecule has 0 unspecified atom stereocenters. The number of nitrogens with zero attached hydrogens (tertiary/aromatic N) is 2. The summed E-state index contributed by atoms with van der Waals surface area (Å²) < 4.78 is 25.5. The van der Waals surface area contributed by atoms with E-state index in [0.717, 1.165) is 11.3 Å². The van der Waals surface area contributed by atoms with Crippen LogP contribution in [-0.2, 0) is 14.8 Å². The second kappa shape index (κ2) is 7.00. The number of rotatable bonds is 5. The Kier molecular flexibility index (Phi) is 4.98. The van der Waals surface area contributed by atoms with Crippen molar-refractivity contribution >= 4 is 32.4 Å². The predicted octanol–water partition coefficient (Wildman–Crippen LogP) is 2.56. The second-order valence-corrected chi connectivity index (χ2v) is 8.63. The molecule has 0 bridgehead atoms. The molecule has 0 spiro atoms. The Morgan fingerprint density at radius 2 is 2.12 bits per heavy atom. The lowest BCUT2D eigenvalue weighted by atomic mass is 10.2. The maximum atomic E-state index is 12.5. The zero-order valence-corrected chi connectivity index (χ0v) is 14.9. The summed E-state index contributed by atoms with van der Waals surface area (Å²) in [4.78, 5) is 16.9. The van der Waals surface area contributed by atoms with Gasteiger partial charge in [0.15, 0.2) is 5.13 Å². The molecule has 1 amide bonds. The van der Waals surface area contributed by atoms with Crippen molar-refractivity contribution in [2.24, 2.45) is 0 Å². The molecule has 1 aliphatic heterocycles. The number of hydrogen-bond acceptors (Lipinski definition) is 5. The molecule has 0 aliphatic carbocycles. The Bertz CT molecular complexity index is 818. The van der Waals surface area contributed by atoms with E-state index in [1.807, 2.05) is 35.7 Å². The van der Waals surface area contributed by atoms with Gasteiger partial charge in [0.1, 0.15) is 6.04 Å². The Labute approximate surface area is 145 Å². The van der Waals surface area contributed by atoms with E-state index in [2.05, 4.69) is 10.3 Å². The molecule has 1 aromatic carbocycles. The molecule has 1 aliphatic rings. The first kappa shape index (κ1) is 17.1. The Morgan fingerprint density at radius 3 is 2.83 bits per heavy atom. The van der Waals surface area contributed by atoms with Gasteiger partial charge < -0.3 is 5.32 Å². The number of carbonyl (C=O) groups excluding carboxylic acids is 1. The largest absolute Gasteiger partial charge is 0.301 e. The lowest BCUT2D eigenvalue weighted by Gasteiger charge is -2.22. The van der Waals surface area contributed by atoms with Crippen LogP contribution in [0, 0.1) is 0 Å². The van der Waals surface area contributed by atoms with Crippen molar-refractivity contribution in [3.05, 3.63) is 35.7 Å². The van der Waals surface area contributed by atoms with Gasteiger partial charge in [-0.15, -0.1) is 11.3 Å². The highest BCUT2D eigenvalue weighted by atomic mass is 32.2. The average Bonchev–Trinajstić information content (AvgIpc) is 3.25. The van der Waals surface area contributed by atoms with Crippen LogP contribution in [0.25, 0.3) is 11.3 Å². The summed E-state index contributed by atoms with van der Waals surface area (Å²) in [6.07, 6.45) is 1.24. The molecule has 24 heavy (non-hydrogen) atoms. The third-order valence-corrected chi connectivity index (χ3v) is 6.67. The fraction of sp³-hybridized carbons (Fsp3) is 0.375. The van der Waals surface area contributed by atoms with E-state index in [0.29, 0.717) is 24.5 Å². The van der Waals surface area contributed by atoms with Crippen molar-refractivity contribution in [3.8, 4) is 11.3 Å². The molecule has 1 aromatic heterocycles. The van der Waals surface area contributed by atoms with Crippen LogP contribution in [0.2, 0.25) is 0 Å². The number of carbonyl (C=O) groups is 1. The third-order valence-electron chi connectivity index (χ3n) is 4.03. The quantitative estimate of drug-likeness (QED) is 0.883. The van der Waals surface area contributed by atoms with Gasteiger partial charge in [0.2, 0.25) is 15.9 Å². The number of hydrogen-bond donors (Lipinski definition) is 1. The number of aromatic nitrogens is 1. The van der Waals surface area contributed by atoms with E-state index >= 15 is 0 Å². The maximum absolute atomic E-state index is 12.5. The van der Waals surface area contributed by atoms with Crippen LogP contribution in [0.15, 0.2) is 35.7 Å². The summed E-state index contributed by atoms with van der Waals surface area (Å²) in [5, 5.41) is 5.12. The summed E-state index contributed by atoms with van der Waals surface area (Å²) in [7, 11) is -3.37. The summed E-state index contributed by atoms with van der Waals surface area (Å²) in [5.41, 5.74) is 1.77. The van der Waals surface area contributed by atoms with E-state index in [1.54, 1.807) is 6.92 Å². The van der Waals surface area contributed by atoms with Crippen LogP contribution < -0.4 is 5.32 Å². The number of benzene rings is 1. The van der Waals surface area contributed by atoms with Gasteiger partial charge in [-0.05, 0) is 19.8 Å². The van der Waals surface area contributed by atoms with Gasteiger partial charge in [-0.3, -0.25) is 4.79 Å². The van der Waals surface area contributed by atoms with E-state index < -0.39 is 16.1 Å². The predicted molar refractivity (Wildman–Crippen MR) is 95.4 cm³/mol. The normalized spacial score (nSPS) is 18.6. The van der Waals surface area contributed by atoms with E-state index in [9.17, 15) is 13.2 Å². The molecule has 128 valence electrons. The summed E-state index contributed by atoms with van der Waals surface area (Å²) in [5.74, 6) is -0.301. The molecule has 1 atom stereocenters. The molecule has 6 nitrogen and oxygen atoms in total. The summed E-state index contributed by atoms with van der Waals surface area (Å²) >= 11 is 1.33. The fourth-order valence-electron chi connectivity index (χ4n) is 2.76. The van der Waals surface area contributed by atoms with Gasteiger partial charge in [0.05, 0.1) is 11.4 Å². The SMILES string of the molecule is CCS(=O)(=O)N1CCC[C@@H]1C(=O)Nc1nc(-c2ccccc2)cs1. The van der Waals surface area contributed by atoms with Crippen LogP contribution in [0.1, 0.15) is 19.8 Å². The van der Waals surface area contributed by atoms with Gasteiger partial charge in [-0.1, -0.05) is 30.3 Å². The van der Waals surface area contributed by atoms with Gasteiger partial charge in [-0.2, -0.15) is 4.31 Å².